The van der Waals surface area contributed by atoms with E-state index < -0.39 is 6.10 Å². The molecule has 5 nitrogen and oxygen atoms in total. The number of carbonyl (C=O) groups is 2. The quantitative estimate of drug-likeness (QED) is 0.0374. The predicted octanol–water partition coefficient (Wildman–Crippen LogP) is 19.3. The lowest BCUT2D eigenvalue weighted by Gasteiger charge is -2.15. The van der Waals surface area contributed by atoms with Gasteiger partial charge < -0.3 is 14.6 Å². The molecule has 0 aromatic carbocycles. The van der Waals surface area contributed by atoms with Gasteiger partial charge in [0.1, 0.15) is 6.61 Å². The van der Waals surface area contributed by atoms with Crippen molar-refractivity contribution in [2.75, 3.05) is 13.2 Å². The van der Waals surface area contributed by atoms with Crippen LogP contribution in [0.2, 0.25) is 0 Å². The molecule has 0 spiro atoms. The van der Waals surface area contributed by atoms with E-state index in [1.165, 1.54) is 257 Å². The van der Waals surface area contributed by atoms with Crippen molar-refractivity contribution < 1.29 is 24.2 Å². The summed E-state index contributed by atoms with van der Waals surface area (Å²) < 4.78 is 10.7. The third kappa shape index (κ3) is 53.0. The zero-order chi connectivity index (χ0) is 46.3. The Morgan fingerprint density at radius 1 is 0.344 bits per heavy atom. The third-order valence-electron chi connectivity index (χ3n) is 13.2. The summed E-state index contributed by atoms with van der Waals surface area (Å²) in [6, 6.07) is 0. The minimum absolute atomic E-state index is 0.0615. The first kappa shape index (κ1) is 62.4. The molecular formula is C59H112O5. The summed E-state index contributed by atoms with van der Waals surface area (Å²) >= 11 is 0. The molecule has 378 valence electrons. The Labute approximate surface area is 400 Å². The number of carbonyl (C=O) groups excluding carboxylic acids is 2. The van der Waals surface area contributed by atoms with Gasteiger partial charge in [0.05, 0.1) is 6.61 Å². The van der Waals surface area contributed by atoms with Crippen molar-refractivity contribution in [1.29, 1.82) is 0 Å². The Balaban J connectivity index is 3.42. The van der Waals surface area contributed by atoms with E-state index in [2.05, 4.69) is 38.2 Å². The summed E-state index contributed by atoms with van der Waals surface area (Å²) in [7, 11) is 0. The number of hydrogen-bond acceptors (Lipinski definition) is 5. The maximum atomic E-state index is 12.3. The highest BCUT2D eigenvalue weighted by Gasteiger charge is 2.16. The van der Waals surface area contributed by atoms with Crippen LogP contribution in [0.5, 0.6) is 0 Å². The van der Waals surface area contributed by atoms with Gasteiger partial charge in [-0.2, -0.15) is 0 Å². The van der Waals surface area contributed by atoms with Crippen LogP contribution in [0.4, 0.5) is 0 Å². The van der Waals surface area contributed by atoms with Crippen molar-refractivity contribution in [3.63, 3.8) is 0 Å². The standard InChI is InChI=1S/C59H112O5/c1-3-5-7-9-11-13-15-17-19-21-23-25-26-27-28-29-30-31-32-34-36-38-40-42-44-46-48-50-52-54-59(62)64-57(55-60)56-63-58(61)53-51-49-47-45-43-41-39-37-35-33-24-22-20-18-16-14-12-10-8-6-4-2/h21-24,57,60H,3-20,25-56H2,1-2H3/b23-21-,24-22-. The molecule has 0 aliphatic rings. The zero-order valence-electron chi connectivity index (χ0n) is 43.3. The molecular weight excluding hydrogens is 789 g/mol. The van der Waals surface area contributed by atoms with Gasteiger partial charge in [0.25, 0.3) is 0 Å². The van der Waals surface area contributed by atoms with Gasteiger partial charge >= 0.3 is 11.9 Å². The SMILES string of the molecule is CCCCCCCCCC/C=C\CCCCCCCCCCCCCCCCCCCC(=O)OC(CO)COC(=O)CCCCCCCCCCC/C=C\CCCCCCCCCC. The Morgan fingerprint density at radius 3 is 0.844 bits per heavy atom. The van der Waals surface area contributed by atoms with E-state index in [-0.39, 0.29) is 25.2 Å². The van der Waals surface area contributed by atoms with E-state index in [9.17, 15) is 14.7 Å². The summed E-state index contributed by atoms with van der Waals surface area (Å²) in [4.78, 5) is 24.5. The van der Waals surface area contributed by atoms with Crippen molar-refractivity contribution in [2.45, 2.75) is 328 Å². The number of hydrogen-bond donors (Lipinski definition) is 1. The number of rotatable bonds is 54. The Morgan fingerprint density at radius 2 is 0.578 bits per heavy atom. The molecule has 1 unspecified atom stereocenters. The maximum absolute atomic E-state index is 12.3. The van der Waals surface area contributed by atoms with Crippen molar-refractivity contribution in [3.8, 4) is 0 Å². The van der Waals surface area contributed by atoms with E-state index in [0.717, 1.165) is 38.5 Å². The van der Waals surface area contributed by atoms with Crippen molar-refractivity contribution in [1.82, 2.24) is 0 Å². The van der Waals surface area contributed by atoms with E-state index in [1.807, 2.05) is 0 Å². The molecule has 0 heterocycles. The molecule has 1 N–H and O–H groups in total. The molecule has 5 heteroatoms. The molecule has 64 heavy (non-hydrogen) atoms. The molecule has 0 bridgehead atoms. The maximum Gasteiger partial charge on any atom is 0.306 e. The number of allylic oxidation sites excluding steroid dienone is 4. The number of esters is 2. The average Bonchev–Trinajstić information content (AvgIpc) is 3.30. The fourth-order valence-corrected chi connectivity index (χ4v) is 8.84. The van der Waals surface area contributed by atoms with Crippen LogP contribution in [0.1, 0.15) is 322 Å². The van der Waals surface area contributed by atoms with Gasteiger partial charge in [0.2, 0.25) is 0 Å². The van der Waals surface area contributed by atoms with E-state index in [1.54, 1.807) is 0 Å². The van der Waals surface area contributed by atoms with E-state index in [0.29, 0.717) is 12.8 Å². The summed E-state index contributed by atoms with van der Waals surface area (Å²) in [6.07, 6.45) is 70.2. The van der Waals surface area contributed by atoms with Gasteiger partial charge in [-0.1, -0.05) is 269 Å². The van der Waals surface area contributed by atoms with Crippen LogP contribution in [0.25, 0.3) is 0 Å². The predicted molar refractivity (Wildman–Crippen MR) is 279 cm³/mol. The topological polar surface area (TPSA) is 72.8 Å². The fourth-order valence-electron chi connectivity index (χ4n) is 8.84. The second-order valence-electron chi connectivity index (χ2n) is 19.7. The summed E-state index contributed by atoms with van der Waals surface area (Å²) in [6.45, 7) is 4.19. The highest BCUT2D eigenvalue weighted by Crippen LogP contribution is 2.17. The normalized spacial score (nSPS) is 12.2. The minimum Gasteiger partial charge on any atom is -0.462 e. The molecule has 0 saturated carbocycles. The first-order valence-corrected chi connectivity index (χ1v) is 28.9. The summed E-state index contributed by atoms with van der Waals surface area (Å²) in [5, 5.41) is 9.65. The molecule has 0 aromatic rings. The van der Waals surface area contributed by atoms with Crippen LogP contribution >= 0.6 is 0 Å². The monoisotopic (exact) mass is 901 g/mol. The van der Waals surface area contributed by atoms with Crippen LogP contribution < -0.4 is 0 Å². The van der Waals surface area contributed by atoms with Gasteiger partial charge in [-0.3, -0.25) is 9.59 Å². The van der Waals surface area contributed by atoms with Gasteiger partial charge in [-0.15, -0.1) is 0 Å². The van der Waals surface area contributed by atoms with Crippen LogP contribution in [-0.4, -0.2) is 36.4 Å². The van der Waals surface area contributed by atoms with Crippen LogP contribution in [0, 0.1) is 0 Å². The largest absolute Gasteiger partial charge is 0.462 e. The highest BCUT2D eigenvalue weighted by atomic mass is 16.6. The zero-order valence-corrected chi connectivity index (χ0v) is 43.3. The number of ether oxygens (including phenoxy) is 2. The second kappa shape index (κ2) is 55.7. The van der Waals surface area contributed by atoms with Crippen LogP contribution in [0.3, 0.4) is 0 Å². The number of unbranched alkanes of at least 4 members (excludes halogenated alkanes) is 42. The highest BCUT2D eigenvalue weighted by molar-refractivity contribution is 5.70. The van der Waals surface area contributed by atoms with Gasteiger partial charge in [-0.25, -0.2) is 0 Å². The molecule has 0 saturated heterocycles. The number of aliphatic hydroxyl groups excluding tert-OH is 1. The lowest BCUT2D eigenvalue weighted by molar-refractivity contribution is -0.161. The van der Waals surface area contributed by atoms with Crippen LogP contribution in [-0.2, 0) is 19.1 Å². The molecule has 0 radical (unpaired) electrons. The average molecular weight is 902 g/mol. The molecule has 0 fully saturated rings. The molecule has 0 aliphatic heterocycles. The smallest absolute Gasteiger partial charge is 0.306 e. The van der Waals surface area contributed by atoms with Gasteiger partial charge in [-0.05, 0) is 64.2 Å². The van der Waals surface area contributed by atoms with Crippen molar-refractivity contribution in [3.05, 3.63) is 24.3 Å². The summed E-state index contributed by atoms with van der Waals surface area (Å²) in [5.74, 6) is -0.574. The summed E-state index contributed by atoms with van der Waals surface area (Å²) in [5.41, 5.74) is 0. The second-order valence-corrected chi connectivity index (χ2v) is 19.7. The van der Waals surface area contributed by atoms with Crippen molar-refractivity contribution >= 4 is 11.9 Å². The van der Waals surface area contributed by atoms with E-state index >= 15 is 0 Å². The van der Waals surface area contributed by atoms with E-state index in [4.69, 9.17) is 9.47 Å². The molecule has 0 aliphatic carbocycles. The van der Waals surface area contributed by atoms with Gasteiger partial charge in [0, 0.05) is 12.8 Å². The first-order valence-electron chi connectivity index (χ1n) is 28.9. The van der Waals surface area contributed by atoms with Crippen LogP contribution in [0.15, 0.2) is 24.3 Å². The van der Waals surface area contributed by atoms with Gasteiger partial charge in [0.15, 0.2) is 6.10 Å². The Hall–Kier alpha value is -1.62. The fraction of sp³-hybridized carbons (Fsp3) is 0.898. The molecule has 0 aromatic heterocycles. The third-order valence-corrected chi connectivity index (χ3v) is 13.2. The lowest BCUT2D eigenvalue weighted by Crippen LogP contribution is -2.28. The number of aliphatic hydroxyl groups is 1. The Bertz CT molecular complexity index is 974. The molecule has 0 amide bonds. The minimum atomic E-state index is -0.770. The molecule has 0 rings (SSSR count). The lowest BCUT2D eigenvalue weighted by atomic mass is 10.0. The Kier molecular flexibility index (Phi) is 54.3. The molecule has 1 atom stereocenters. The van der Waals surface area contributed by atoms with Crippen molar-refractivity contribution in [2.24, 2.45) is 0 Å². The first-order chi connectivity index (χ1) is 31.6.